The summed E-state index contributed by atoms with van der Waals surface area (Å²) in [4.78, 5) is 31.2. The van der Waals surface area contributed by atoms with Crippen molar-refractivity contribution >= 4 is 34.5 Å². The van der Waals surface area contributed by atoms with Gasteiger partial charge in [-0.1, -0.05) is 6.07 Å². The molecule has 0 saturated carbocycles. The molecule has 1 aliphatic rings. The van der Waals surface area contributed by atoms with E-state index in [2.05, 4.69) is 10.3 Å². The smallest absolute Gasteiger partial charge is 0.265 e. The van der Waals surface area contributed by atoms with Crippen molar-refractivity contribution in [3.63, 3.8) is 0 Å². The Kier molecular flexibility index (Phi) is 3.70. The molecular weight excluding hydrogens is 338 g/mol. The molecule has 0 saturated heterocycles. The first-order valence-electron chi connectivity index (χ1n) is 7.53. The van der Waals surface area contributed by atoms with Gasteiger partial charge < -0.3 is 15.0 Å². The molecule has 3 aromatic rings. The molecule has 0 spiro atoms. The van der Waals surface area contributed by atoms with Crippen molar-refractivity contribution < 1.29 is 14.3 Å². The lowest BCUT2D eigenvalue weighted by molar-refractivity contribution is 0.0990. The fourth-order valence-corrected chi connectivity index (χ4v) is 3.19. The van der Waals surface area contributed by atoms with Crippen LogP contribution < -0.4 is 15.0 Å². The summed E-state index contributed by atoms with van der Waals surface area (Å²) >= 11 is 1.35. The van der Waals surface area contributed by atoms with Crippen LogP contribution in [0, 0.1) is 0 Å². The van der Waals surface area contributed by atoms with Crippen molar-refractivity contribution in [3.05, 3.63) is 64.5 Å². The van der Waals surface area contributed by atoms with E-state index in [1.165, 1.54) is 16.2 Å². The maximum atomic E-state index is 12.8. The highest BCUT2D eigenvalue weighted by molar-refractivity contribution is 7.12. The van der Waals surface area contributed by atoms with Crippen LogP contribution in [0.15, 0.2) is 54.0 Å². The number of benzene rings is 1. The van der Waals surface area contributed by atoms with Gasteiger partial charge in [0.1, 0.15) is 11.4 Å². The highest BCUT2D eigenvalue weighted by atomic mass is 32.1. The molecule has 1 N–H and O–H groups in total. The van der Waals surface area contributed by atoms with E-state index in [-0.39, 0.29) is 11.8 Å². The summed E-state index contributed by atoms with van der Waals surface area (Å²) in [5.74, 6) is 0.333. The average molecular weight is 351 g/mol. The lowest BCUT2D eigenvalue weighted by Gasteiger charge is -2.15. The molecule has 7 heteroatoms. The number of pyridine rings is 1. The second-order valence-electron chi connectivity index (χ2n) is 5.44. The van der Waals surface area contributed by atoms with Crippen LogP contribution >= 0.6 is 11.3 Å². The predicted molar refractivity (Wildman–Crippen MR) is 95.8 cm³/mol. The van der Waals surface area contributed by atoms with Crippen LogP contribution in [0.25, 0.3) is 0 Å². The quantitative estimate of drug-likeness (QED) is 0.763. The standard InChI is InChI=1S/C18H13N3O3S/c1-21-13-4-2-8-19-17(13)24-14-7-6-11(10-12(14)18(21)23)20-16(22)15-5-3-9-25-15/h2-10H,1H3,(H,20,22). The van der Waals surface area contributed by atoms with Crippen LogP contribution in [0.5, 0.6) is 11.6 Å². The maximum Gasteiger partial charge on any atom is 0.265 e. The Morgan fingerprint density at radius 3 is 2.92 bits per heavy atom. The van der Waals surface area contributed by atoms with Crippen molar-refractivity contribution in [2.24, 2.45) is 0 Å². The zero-order valence-electron chi connectivity index (χ0n) is 13.2. The topological polar surface area (TPSA) is 71.5 Å². The molecule has 2 amide bonds. The largest absolute Gasteiger partial charge is 0.436 e. The normalized spacial score (nSPS) is 12.7. The molecule has 4 rings (SSSR count). The molecule has 124 valence electrons. The van der Waals surface area contributed by atoms with Crippen LogP contribution in [-0.2, 0) is 0 Å². The van der Waals surface area contributed by atoms with Gasteiger partial charge in [-0.3, -0.25) is 9.59 Å². The highest BCUT2D eigenvalue weighted by Gasteiger charge is 2.26. The monoisotopic (exact) mass is 351 g/mol. The summed E-state index contributed by atoms with van der Waals surface area (Å²) in [5, 5.41) is 4.64. The average Bonchev–Trinajstić information content (AvgIpc) is 3.14. The highest BCUT2D eigenvalue weighted by Crippen LogP contribution is 2.37. The number of hydrogen-bond acceptors (Lipinski definition) is 5. The van der Waals surface area contributed by atoms with Crippen molar-refractivity contribution in [1.29, 1.82) is 0 Å². The van der Waals surface area contributed by atoms with Crippen molar-refractivity contribution in [2.45, 2.75) is 0 Å². The lowest BCUT2D eigenvalue weighted by Crippen LogP contribution is -2.25. The number of nitrogens with zero attached hydrogens (tertiary/aromatic N) is 2. The zero-order valence-corrected chi connectivity index (χ0v) is 14.0. The Bertz CT molecular complexity index is 969. The van der Waals surface area contributed by atoms with Crippen molar-refractivity contribution in [1.82, 2.24) is 4.98 Å². The van der Waals surface area contributed by atoms with Gasteiger partial charge in [0.2, 0.25) is 5.88 Å². The molecule has 1 aliphatic heterocycles. The molecular formula is C18H13N3O3S. The minimum absolute atomic E-state index is 0.213. The van der Waals surface area contributed by atoms with Gasteiger partial charge in [0, 0.05) is 18.9 Å². The summed E-state index contributed by atoms with van der Waals surface area (Å²) in [7, 11) is 1.66. The van der Waals surface area contributed by atoms with Gasteiger partial charge in [-0.2, -0.15) is 0 Å². The van der Waals surface area contributed by atoms with Crippen LogP contribution in [0.4, 0.5) is 11.4 Å². The SMILES string of the molecule is CN1C(=O)c2cc(NC(=O)c3cccs3)ccc2Oc2ncccc21. The van der Waals surface area contributed by atoms with E-state index >= 15 is 0 Å². The summed E-state index contributed by atoms with van der Waals surface area (Å²) in [6, 6.07) is 12.0. The van der Waals surface area contributed by atoms with Crippen molar-refractivity contribution in [2.75, 3.05) is 17.3 Å². The van der Waals surface area contributed by atoms with Gasteiger partial charge in [-0.25, -0.2) is 4.98 Å². The van der Waals surface area contributed by atoms with E-state index in [9.17, 15) is 9.59 Å². The number of fused-ring (bicyclic) bond motifs is 2. The number of carbonyl (C=O) groups is 2. The van der Waals surface area contributed by atoms with E-state index in [1.54, 1.807) is 49.6 Å². The number of amides is 2. The minimum atomic E-state index is -0.228. The van der Waals surface area contributed by atoms with E-state index in [0.717, 1.165) is 0 Å². The Morgan fingerprint density at radius 1 is 1.24 bits per heavy atom. The summed E-state index contributed by atoms with van der Waals surface area (Å²) in [6.07, 6.45) is 1.61. The summed E-state index contributed by atoms with van der Waals surface area (Å²) in [5.41, 5.74) is 1.48. The van der Waals surface area contributed by atoms with E-state index in [0.29, 0.717) is 33.4 Å². The first-order chi connectivity index (χ1) is 12.1. The maximum absolute atomic E-state index is 12.8. The van der Waals surface area contributed by atoms with Gasteiger partial charge >= 0.3 is 0 Å². The van der Waals surface area contributed by atoms with Crippen LogP contribution in [0.3, 0.4) is 0 Å². The van der Waals surface area contributed by atoms with E-state index in [1.807, 2.05) is 11.4 Å². The van der Waals surface area contributed by atoms with Gasteiger partial charge in [-0.15, -0.1) is 11.3 Å². The molecule has 0 radical (unpaired) electrons. The molecule has 25 heavy (non-hydrogen) atoms. The molecule has 3 heterocycles. The second kappa shape index (κ2) is 6.03. The molecule has 6 nitrogen and oxygen atoms in total. The van der Waals surface area contributed by atoms with Gasteiger partial charge in [0.15, 0.2) is 0 Å². The zero-order chi connectivity index (χ0) is 17.4. The fourth-order valence-electron chi connectivity index (χ4n) is 2.57. The molecule has 0 atom stereocenters. The Labute approximate surface area is 147 Å². The fraction of sp³-hybridized carbons (Fsp3) is 0.0556. The minimum Gasteiger partial charge on any atom is -0.436 e. The molecule has 0 fully saturated rings. The Balaban J connectivity index is 1.69. The molecule has 0 aliphatic carbocycles. The third-order valence-electron chi connectivity index (χ3n) is 3.84. The molecule has 1 aromatic carbocycles. The molecule has 0 unspecified atom stereocenters. The number of aromatic nitrogens is 1. The number of hydrogen-bond donors (Lipinski definition) is 1. The number of carbonyl (C=O) groups excluding carboxylic acids is 2. The number of thiophene rings is 1. The molecule has 0 bridgehead atoms. The lowest BCUT2D eigenvalue weighted by atomic mass is 10.1. The van der Waals surface area contributed by atoms with E-state index in [4.69, 9.17) is 4.74 Å². The number of rotatable bonds is 2. The Morgan fingerprint density at radius 2 is 2.12 bits per heavy atom. The van der Waals surface area contributed by atoms with Crippen molar-refractivity contribution in [3.8, 4) is 11.6 Å². The van der Waals surface area contributed by atoms with Crippen LogP contribution in [0.2, 0.25) is 0 Å². The van der Waals surface area contributed by atoms with Crippen LogP contribution in [-0.4, -0.2) is 23.8 Å². The van der Waals surface area contributed by atoms with Gasteiger partial charge in [0.25, 0.3) is 11.8 Å². The van der Waals surface area contributed by atoms with Crippen LogP contribution in [0.1, 0.15) is 20.0 Å². The second-order valence-corrected chi connectivity index (χ2v) is 6.38. The first kappa shape index (κ1) is 15.3. The predicted octanol–water partition coefficient (Wildman–Crippen LogP) is 3.78. The third kappa shape index (κ3) is 2.74. The summed E-state index contributed by atoms with van der Waals surface area (Å²) < 4.78 is 5.79. The Hall–Kier alpha value is -3.19. The summed E-state index contributed by atoms with van der Waals surface area (Å²) in [6.45, 7) is 0. The van der Waals surface area contributed by atoms with E-state index < -0.39 is 0 Å². The molecule has 2 aromatic heterocycles. The van der Waals surface area contributed by atoms with Gasteiger partial charge in [0.05, 0.1) is 10.4 Å². The third-order valence-corrected chi connectivity index (χ3v) is 4.71. The first-order valence-corrected chi connectivity index (χ1v) is 8.41. The number of anilines is 2. The number of nitrogens with one attached hydrogen (secondary N) is 1. The number of ether oxygens (including phenoxy) is 1. The van der Waals surface area contributed by atoms with Gasteiger partial charge in [-0.05, 0) is 41.8 Å².